The van der Waals surface area contributed by atoms with Crippen molar-refractivity contribution < 1.29 is 31.8 Å². The molecule has 1 aromatic rings. The molecule has 0 spiro atoms. The summed E-state index contributed by atoms with van der Waals surface area (Å²) in [5, 5.41) is 2.38. The molecule has 2 rings (SSSR count). The topological polar surface area (TPSA) is 54.0 Å². The van der Waals surface area contributed by atoms with E-state index in [2.05, 4.69) is 18.5 Å². The number of hydrogen-bond donors (Lipinski definition) is 1. The Labute approximate surface area is 184 Å². The Morgan fingerprint density at radius 1 is 1.31 bits per heavy atom. The zero-order valence-corrected chi connectivity index (χ0v) is 17.8. The van der Waals surface area contributed by atoms with Gasteiger partial charge in [0.05, 0.1) is 19.7 Å². The zero-order chi connectivity index (χ0) is 23.9. The lowest BCUT2D eigenvalue weighted by Gasteiger charge is -2.38. The molecule has 0 saturated carbocycles. The van der Waals surface area contributed by atoms with Crippen LogP contribution in [-0.4, -0.2) is 48.8 Å². The minimum absolute atomic E-state index is 0.0932. The average Bonchev–Trinajstić information content (AvgIpc) is 2.72. The van der Waals surface area contributed by atoms with Gasteiger partial charge in [0.25, 0.3) is 0 Å². The van der Waals surface area contributed by atoms with Gasteiger partial charge < -0.3 is 24.6 Å². The normalized spacial score (nSPS) is 14.8. The van der Waals surface area contributed by atoms with E-state index in [4.69, 9.17) is 9.47 Å². The third-order valence-corrected chi connectivity index (χ3v) is 4.43. The second kappa shape index (κ2) is 10.7. The molecule has 0 atom stereocenters. The quantitative estimate of drug-likeness (QED) is 0.447. The number of nitrogens with one attached hydrogen (secondary N) is 1. The Bertz CT molecular complexity index is 925. The molecule has 1 aliphatic rings. The van der Waals surface area contributed by atoms with E-state index in [9.17, 15) is 22.4 Å². The van der Waals surface area contributed by atoms with Crippen molar-refractivity contribution in [1.82, 2.24) is 15.1 Å². The molecular formula is C22H25F4N3O3. The average molecular weight is 455 g/mol. The smallest absolute Gasteiger partial charge is 0.431 e. The van der Waals surface area contributed by atoms with Crippen molar-refractivity contribution in [3.8, 4) is 5.75 Å². The van der Waals surface area contributed by atoms with Crippen molar-refractivity contribution in [2.24, 2.45) is 0 Å². The highest BCUT2D eigenvalue weighted by molar-refractivity contribution is 5.80. The summed E-state index contributed by atoms with van der Waals surface area (Å²) in [5.74, 6) is -0.0651. The summed E-state index contributed by atoms with van der Waals surface area (Å²) in [6, 6.07) is 6.77. The van der Waals surface area contributed by atoms with Crippen molar-refractivity contribution in [1.29, 1.82) is 0 Å². The summed E-state index contributed by atoms with van der Waals surface area (Å²) in [6.07, 6.45) is -3.84. The van der Waals surface area contributed by atoms with Gasteiger partial charge in [0, 0.05) is 18.3 Å². The van der Waals surface area contributed by atoms with Crippen molar-refractivity contribution in [2.75, 3.05) is 26.9 Å². The predicted molar refractivity (Wildman–Crippen MR) is 111 cm³/mol. The Kier molecular flexibility index (Phi) is 8.34. The summed E-state index contributed by atoms with van der Waals surface area (Å²) < 4.78 is 63.6. The fourth-order valence-electron chi connectivity index (χ4n) is 2.96. The van der Waals surface area contributed by atoms with Gasteiger partial charge in [-0.1, -0.05) is 31.4 Å². The lowest BCUT2D eigenvalue weighted by Crippen LogP contribution is -2.45. The summed E-state index contributed by atoms with van der Waals surface area (Å²) in [6.45, 7) is 9.27. The molecule has 1 N–H and O–H groups in total. The molecule has 1 aliphatic heterocycles. The highest BCUT2D eigenvalue weighted by Gasteiger charge is 2.39. The van der Waals surface area contributed by atoms with E-state index in [-0.39, 0.29) is 37.5 Å². The molecule has 10 heteroatoms. The SMILES string of the molecule is C=C(COc1ccccc1CC(=O)N/C(=C/F)N1CN(C)C(C(F)(F)F)=CC1=C)OCC. The maximum absolute atomic E-state index is 13.6. The van der Waals surface area contributed by atoms with E-state index < -0.39 is 17.8 Å². The van der Waals surface area contributed by atoms with Crippen LogP contribution in [0.4, 0.5) is 17.6 Å². The van der Waals surface area contributed by atoms with Crippen LogP contribution < -0.4 is 10.1 Å². The van der Waals surface area contributed by atoms with Gasteiger partial charge in [0.1, 0.15) is 36.0 Å². The Morgan fingerprint density at radius 2 is 2.00 bits per heavy atom. The number of alkyl halides is 3. The standard InChI is InChI=1S/C22H25F4N3O3/c1-5-31-16(3)13-32-18-9-7-6-8-17(18)11-21(30)27-20(12-23)29-14-28(4)19(10-15(29)2)22(24,25)26/h6-10,12H,2-3,5,11,13-14H2,1,4H3,(H,27,30)/b20-12-. The number of benzene rings is 1. The van der Waals surface area contributed by atoms with Gasteiger partial charge in [-0.15, -0.1) is 0 Å². The maximum atomic E-state index is 13.6. The van der Waals surface area contributed by atoms with Crippen LogP contribution in [-0.2, 0) is 16.0 Å². The van der Waals surface area contributed by atoms with E-state index in [0.717, 1.165) is 15.9 Å². The second-order valence-electron chi connectivity index (χ2n) is 6.87. The zero-order valence-electron chi connectivity index (χ0n) is 17.8. The van der Waals surface area contributed by atoms with Crippen LogP contribution >= 0.6 is 0 Å². The lowest BCUT2D eigenvalue weighted by atomic mass is 10.1. The number of para-hydroxylation sites is 1. The number of amides is 1. The molecule has 0 aliphatic carbocycles. The van der Waals surface area contributed by atoms with Crippen LogP contribution in [0.2, 0.25) is 0 Å². The van der Waals surface area contributed by atoms with Gasteiger partial charge in [-0.3, -0.25) is 4.79 Å². The molecule has 0 unspecified atom stereocenters. The van der Waals surface area contributed by atoms with Gasteiger partial charge in [0.2, 0.25) is 5.91 Å². The van der Waals surface area contributed by atoms with Gasteiger partial charge >= 0.3 is 6.18 Å². The van der Waals surface area contributed by atoms with Gasteiger partial charge in [-0.25, -0.2) is 4.39 Å². The van der Waals surface area contributed by atoms with Gasteiger partial charge in [-0.05, 0) is 19.1 Å². The fraction of sp³-hybridized carbons (Fsp3) is 0.318. The fourth-order valence-corrected chi connectivity index (χ4v) is 2.96. The molecule has 6 nitrogen and oxygen atoms in total. The molecule has 1 aromatic carbocycles. The number of carbonyl (C=O) groups is 1. The van der Waals surface area contributed by atoms with E-state index in [1.54, 1.807) is 24.3 Å². The van der Waals surface area contributed by atoms with Crippen molar-refractivity contribution >= 4 is 5.91 Å². The van der Waals surface area contributed by atoms with Gasteiger partial charge in [0.15, 0.2) is 0 Å². The van der Waals surface area contributed by atoms with E-state index in [1.165, 1.54) is 7.05 Å². The summed E-state index contributed by atoms with van der Waals surface area (Å²) in [5.41, 5.74) is -0.498. The number of hydrogen-bond acceptors (Lipinski definition) is 5. The van der Waals surface area contributed by atoms with Crippen molar-refractivity contribution in [3.05, 3.63) is 78.4 Å². The number of carbonyl (C=O) groups excluding carboxylic acids is 1. The molecule has 0 fully saturated rings. The first kappa shape index (κ1) is 24.8. The first-order valence-electron chi connectivity index (χ1n) is 9.64. The van der Waals surface area contributed by atoms with Crippen LogP contribution in [0.25, 0.3) is 0 Å². The minimum Gasteiger partial charge on any atom is -0.495 e. The van der Waals surface area contributed by atoms with Gasteiger partial charge in [-0.2, -0.15) is 13.2 Å². The van der Waals surface area contributed by atoms with Crippen LogP contribution in [0.15, 0.2) is 72.8 Å². The molecule has 0 aromatic heterocycles. The first-order valence-corrected chi connectivity index (χ1v) is 9.64. The lowest BCUT2D eigenvalue weighted by molar-refractivity contribution is -0.121. The number of allylic oxidation sites excluding steroid dienone is 2. The summed E-state index contributed by atoms with van der Waals surface area (Å²) in [4.78, 5) is 14.6. The van der Waals surface area contributed by atoms with E-state index >= 15 is 0 Å². The van der Waals surface area contributed by atoms with Crippen LogP contribution in [0, 0.1) is 0 Å². The molecule has 1 heterocycles. The Balaban J connectivity index is 2.07. The van der Waals surface area contributed by atoms with E-state index in [0.29, 0.717) is 23.7 Å². The van der Waals surface area contributed by atoms with E-state index in [1.807, 2.05) is 6.92 Å². The molecule has 0 bridgehead atoms. The highest BCUT2D eigenvalue weighted by atomic mass is 19.4. The highest BCUT2D eigenvalue weighted by Crippen LogP contribution is 2.33. The largest absolute Gasteiger partial charge is 0.495 e. The Hall–Kier alpha value is -3.43. The molecule has 0 saturated heterocycles. The Morgan fingerprint density at radius 3 is 2.62 bits per heavy atom. The number of halogens is 4. The molecule has 174 valence electrons. The summed E-state index contributed by atoms with van der Waals surface area (Å²) in [7, 11) is 1.21. The molecule has 1 amide bonds. The first-order chi connectivity index (χ1) is 15.1. The third kappa shape index (κ3) is 6.53. The van der Waals surface area contributed by atoms with Crippen LogP contribution in [0.3, 0.4) is 0 Å². The predicted octanol–water partition coefficient (Wildman–Crippen LogP) is 4.21. The third-order valence-electron chi connectivity index (χ3n) is 4.43. The summed E-state index contributed by atoms with van der Waals surface area (Å²) >= 11 is 0. The van der Waals surface area contributed by atoms with Crippen LogP contribution in [0.5, 0.6) is 5.75 Å². The monoisotopic (exact) mass is 455 g/mol. The minimum atomic E-state index is -4.58. The van der Waals surface area contributed by atoms with Crippen LogP contribution in [0.1, 0.15) is 12.5 Å². The molecular weight excluding hydrogens is 430 g/mol. The van der Waals surface area contributed by atoms with Crippen molar-refractivity contribution in [3.63, 3.8) is 0 Å². The number of ether oxygens (including phenoxy) is 2. The number of nitrogens with zero attached hydrogens (tertiary/aromatic N) is 2. The number of rotatable bonds is 9. The maximum Gasteiger partial charge on any atom is 0.431 e. The van der Waals surface area contributed by atoms with Crippen molar-refractivity contribution in [2.45, 2.75) is 19.5 Å². The molecule has 0 radical (unpaired) electrons. The second-order valence-corrected chi connectivity index (χ2v) is 6.87. The molecule has 32 heavy (non-hydrogen) atoms.